The summed E-state index contributed by atoms with van der Waals surface area (Å²) in [5, 5.41) is 8.15. The third-order valence-corrected chi connectivity index (χ3v) is 6.30. The molecule has 1 aliphatic rings. The highest BCUT2D eigenvalue weighted by Gasteiger charge is 2.31. The number of hydrogen-bond acceptors (Lipinski definition) is 4. The predicted molar refractivity (Wildman–Crippen MR) is 87.5 cm³/mol. The molecule has 1 saturated heterocycles. The molecule has 24 heavy (non-hydrogen) atoms. The molecule has 0 N–H and O–H groups in total. The fourth-order valence-corrected chi connectivity index (χ4v) is 4.53. The maximum Gasteiger partial charge on any atom is 0.243 e. The second kappa shape index (κ2) is 6.60. The fraction of sp³-hybridized carbons (Fsp3) is 0.500. The Kier molecular flexibility index (Phi) is 4.69. The molecule has 1 aromatic carbocycles. The molecule has 0 saturated carbocycles. The van der Waals surface area contributed by atoms with Crippen LogP contribution in [0.3, 0.4) is 0 Å². The highest BCUT2D eigenvalue weighted by atomic mass is 32.2. The first kappa shape index (κ1) is 17.0. The Morgan fingerprint density at radius 1 is 1.17 bits per heavy atom. The second-order valence-corrected chi connectivity index (χ2v) is 8.28. The van der Waals surface area contributed by atoms with Gasteiger partial charge in [-0.25, -0.2) is 12.8 Å². The van der Waals surface area contributed by atoms with Crippen molar-refractivity contribution >= 4 is 10.0 Å². The Bertz CT molecular complexity index is 794. The molecule has 2 heterocycles. The number of nitrogens with zero attached hydrogens (tertiary/aromatic N) is 4. The van der Waals surface area contributed by atoms with Gasteiger partial charge in [0.1, 0.15) is 18.0 Å². The Labute approximate surface area is 141 Å². The zero-order valence-electron chi connectivity index (χ0n) is 13.8. The third-order valence-electron chi connectivity index (χ3n) is 4.39. The summed E-state index contributed by atoms with van der Waals surface area (Å²) < 4.78 is 41.8. The van der Waals surface area contributed by atoms with Crippen molar-refractivity contribution in [2.75, 3.05) is 13.1 Å². The van der Waals surface area contributed by atoms with Crippen LogP contribution < -0.4 is 0 Å². The zero-order valence-corrected chi connectivity index (χ0v) is 14.6. The van der Waals surface area contributed by atoms with Crippen LogP contribution in [0.15, 0.2) is 35.5 Å². The molecule has 8 heteroatoms. The van der Waals surface area contributed by atoms with Gasteiger partial charge in [-0.15, -0.1) is 10.2 Å². The summed E-state index contributed by atoms with van der Waals surface area (Å²) in [6.45, 7) is 4.99. The molecule has 130 valence electrons. The Hall–Kier alpha value is -1.80. The molecule has 6 nitrogen and oxygen atoms in total. The van der Waals surface area contributed by atoms with Crippen molar-refractivity contribution in [3.05, 3.63) is 42.2 Å². The van der Waals surface area contributed by atoms with Gasteiger partial charge in [0, 0.05) is 25.0 Å². The van der Waals surface area contributed by atoms with Crippen molar-refractivity contribution in [3.63, 3.8) is 0 Å². The van der Waals surface area contributed by atoms with Crippen LogP contribution in [0.25, 0.3) is 0 Å². The number of halogens is 1. The first-order valence-electron chi connectivity index (χ1n) is 8.04. The van der Waals surface area contributed by atoms with Gasteiger partial charge < -0.3 is 4.57 Å². The van der Waals surface area contributed by atoms with Crippen LogP contribution >= 0.6 is 0 Å². The largest absolute Gasteiger partial charge is 0.314 e. The number of benzene rings is 1. The maximum absolute atomic E-state index is 13.0. The van der Waals surface area contributed by atoms with E-state index in [0.29, 0.717) is 25.9 Å². The summed E-state index contributed by atoms with van der Waals surface area (Å²) >= 11 is 0. The van der Waals surface area contributed by atoms with Gasteiger partial charge in [0.15, 0.2) is 0 Å². The van der Waals surface area contributed by atoms with E-state index in [1.807, 2.05) is 0 Å². The van der Waals surface area contributed by atoms with Crippen molar-refractivity contribution in [2.24, 2.45) is 0 Å². The number of sulfonamides is 1. The molecule has 0 unspecified atom stereocenters. The van der Waals surface area contributed by atoms with E-state index in [2.05, 4.69) is 28.6 Å². The summed E-state index contributed by atoms with van der Waals surface area (Å²) in [4.78, 5) is 0.134. The smallest absolute Gasteiger partial charge is 0.243 e. The average Bonchev–Trinajstić information content (AvgIpc) is 3.05. The Balaban J connectivity index is 1.73. The molecular formula is C16H21FN4O2S. The standard InChI is InChI=1S/C16H21FN4O2S/c1-12(2)16-19-18-11-21(16)14-7-9-20(10-8-14)24(22,23)15-5-3-13(17)4-6-15/h3-6,11-12,14H,7-10H2,1-2H3. The van der Waals surface area contributed by atoms with Crippen molar-refractivity contribution < 1.29 is 12.8 Å². The molecular weight excluding hydrogens is 331 g/mol. The van der Waals surface area contributed by atoms with Crippen molar-refractivity contribution in [1.82, 2.24) is 19.1 Å². The van der Waals surface area contributed by atoms with E-state index in [-0.39, 0.29) is 16.9 Å². The monoisotopic (exact) mass is 352 g/mol. The van der Waals surface area contributed by atoms with Gasteiger partial charge in [-0.05, 0) is 37.1 Å². The summed E-state index contributed by atoms with van der Waals surface area (Å²) in [5.41, 5.74) is 0. The SMILES string of the molecule is CC(C)c1nncn1C1CCN(S(=O)(=O)c2ccc(F)cc2)CC1. The Morgan fingerprint density at radius 3 is 2.38 bits per heavy atom. The molecule has 0 atom stereocenters. The summed E-state index contributed by atoms with van der Waals surface area (Å²) in [6, 6.07) is 5.18. The highest BCUT2D eigenvalue weighted by molar-refractivity contribution is 7.89. The lowest BCUT2D eigenvalue weighted by Crippen LogP contribution is -2.39. The molecule has 3 rings (SSSR count). The second-order valence-electron chi connectivity index (χ2n) is 6.34. The molecule has 0 aliphatic carbocycles. The topological polar surface area (TPSA) is 68.1 Å². The normalized spacial score (nSPS) is 17.5. The Morgan fingerprint density at radius 2 is 1.79 bits per heavy atom. The van der Waals surface area contributed by atoms with E-state index >= 15 is 0 Å². The summed E-state index contributed by atoms with van der Waals surface area (Å²) in [7, 11) is -3.57. The molecule has 1 aliphatic heterocycles. The first-order chi connectivity index (χ1) is 11.4. The first-order valence-corrected chi connectivity index (χ1v) is 9.48. The lowest BCUT2D eigenvalue weighted by molar-refractivity contribution is 0.269. The van der Waals surface area contributed by atoms with Crippen molar-refractivity contribution in [1.29, 1.82) is 0 Å². The molecule has 0 spiro atoms. The van der Waals surface area contributed by atoms with Gasteiger partial charge in [-0.1, -0.05) is 13.8 Å². The minimum absolute atomic E-state index is 0.134. The molecule has 0 radical (unpaired) electrons. The molecule has 2 aromatic rings. The van der Waals surface area contributed by atoms with E-state index in [1.54, 1.807) is 6.33 Å². The van der Waals surface area contributed by atoms with Gasteiger partial charge in [-0.3, -0.25) is 0 Å². The molecule has 1 aromatic heterocycles. The minimum Gasteiger partial charge on any atom is -0.314 e. The van der Waals surface area contributed by atoms with Gasteiger partial charge in [-0.2, -0.15) is 4.31 Å². The highest BCUT2D eigenvalue weighted by Crippen LogP contribution is 2.28. The van der Waals surface area contributed by atoms with Crippen LogP contribution in [0.4, 0.5) is 4.39 Å². The maximum atomic E-state index is 13.0. The van der Waals surface area contributed by atoms with E-state index in [9.17, 15) is 12.8 Å². The third kappa shape index (κ3) is 3.21. The van der Waals surface area contributed by atoms with E-state index in [0.717, 1.165) is 5.82 Å². The van der Waals surface area contributed by atoms with E-state index < -0.39 is 15.8 Å². The van der Waals surface area contributed by atoms with Crippen LogP contribution in [-0.4, -0.2) is 40.6 Å². The average molecular weight is 352 g/mol. The summed E-state index contributed by atoms with van der Waals surface area (Å²) in [6.07, 6.45) is 3.14. The number of aromatic nitrogens is 3. The van der Waals surface area contributed by atoms with Gasteiger partial charge in [0.2, 0.25) is 10.0 Å². The van der Waals surface area contributed by atoms with Crippen molar-refractivity contribution in [3.8, 4) is 0 Å². The van der Waals surface area contributed by atoms with Gasteiger partial charge in [0.05, 0.1) is 4.90 Å². The molecule has 0 amide bonds. The van der Waals surface area contributed by atoms with E-state index in [1.165, 1.54) is 28.6 Å². The number of rotatable bonds is 4. The zero-order chi connectivity index (χ0) is 17.3. The van der Waals surface area contributed by atoms with Gasteiger partial charge >= 0.3 is 0 Å². The van der Waals surface area contributed by atoms with Crippen LogP contribution in [0.1, 0.15) is 44.5 Å². The van der Waals surface area contributed by atoms with Crippen LogP contribution in [0, 0.1) is 5.82 Å². The molecule has 1 fully saturated rings. The minimum atomic E-state index is -3.57. The lowest BCUT2D eigenvalue weighted by atomic mass is 10.1. The van der Waals surface area contributed by atoms with Crippen LogP contribution in [-0.2, 0) is 10.0 Å². The quantitative estimate of drug-likeness (QED) is 0.848. The van der Waals surface area contributed by atoms with Crippen molar-refractivity contribution in [2.45, 2.75) is 43.5 Å². The molecule has 0 bridgehead atoms. The van der Waals surface area contributed by atoms with Crippen LogP contribution in [0.2, 0.25) is 0 Å². The van der Waals surface area contributed by atoms with E-state index in [4.69, 9.17) is 0 Å². The predicted octanol–water partition coefficient (Wildman–Crippen LogP) is 2.57. The van der Waals surface area contributed by atoms with Gasteiger partial charge in [0.25, 0.3) is 0 Å². The number of hydrogen-bond donors (Lipinski definition) is 0. The number of piperidine rings is 1. The van der Waals surface area contributed by atoms with Crippen LogP contribution in [0.5, 0.6) is 0 Å². The fourth-order valence-electron chi connectivity index (χ4n) is 3.06. The summed E-state index contributed by atoms with van der Waals surface area (Å²) in [5.74, 6) is 0.754. The lowest BCUT2D eigenvalue weighted by Gasteiger charge is -2.32.